The maximum absolute atomic E-state index is 2.44. The van der Waals surface area contributed by atoms with Crippen molar-refractivity contribution in [1.29, 1.82) is 0 Å². The van der Waals surface area contributed by atoms with Gasteiger partial charge in [0, 0.05) is 12.0 Å². The minimum atomic E-state index is 0. The Balaban J connectivity index is 0.0000102. The van der Waals surface area contributed by atoms with Gasteiger partial charge in [-0.2, -0.15) is 0 Å². The van der Waals surface area contributed by atoms with Crippen LogP contribution >= 0.6 is 0 Å². The molecule has 192 valence electrons. The lowest BCUT2D eigenvalue weighted by molar-refractivity contribution is -0.953. The van der Waals surface area contributed by atoms with Gasteiger partial charge in [0.05, 0.1) is 19.6 Å². The van der Waals surface area contributed by atoms with Crippen molar-refractivity contribution in [2.45, 2.75) is 130 Å². The Hall–Kier alpha value is -0.790. The first-order chi connectivity index (χ1) is 15.7. The van der Waals surface area contributed by atoms with Gasteiger partial charge in [-0.3, -0.25) is 0 Å². The molecule has 0 spiro atoms. The molecule has 1 aromatic carbocycles. The van der Waals surface area contributed by atoms with E-state index in [2.05, 4.69) is 70.2 Å². The number of allylic oxidation sites excluding steroid dienone is 2. The van der Waals surface area contributed by atoms with Crippen molar-refractivity contribution in [3.8, 4) is 0 Å². The number of quaternary nitrogens is 1. The lowest BCUT2D eigenvalue weighted by Crippen LogP contribution is -3.00. The minimum Gasteiger partial charge on any atom is -1.00 e. The molecule has 0 aliphatic rings. The molecule has 33 heavy (non-hydrogen) atoms. The number of halogens is 1. The maximum atomic E-state index is 2.44. The predicted octanol–water partition coefficient (Wildman–Crippen LogP) is 7.04. The molecule has 0 bridgehead atoms. The first kappa shape index (κ1) is 32.2. The summed E-state index contributed by atoms with van der Waals surface area (Å²) in [5.74, 6) is 0. The van der Waals surface area contributed by atoms with Crippen LogP contribution in [0, 0.1) is 0 Å². The maximum Gasteiger partial charge on any atom is 0.115 e. The Labute approximate surface area is 214 Å². The Morgan fingerprint density at radius 1 is 0.606 bits per heavy atom. The van der Waals surface area contributed by atoms with Crippen molar-refractivity contribution < 1.29 is 16.9 Å². The zero-order valence-electron chi connectivity index (χ0n) is 22.7. The molecule has 0 amide bonds. The summed E-state index contributed by atoms with van der Waals surface area (Å²) in [6.07, 6.45) is 25.6. The molecule has 0 N–H and O–H groups in total. The molecule has 0 aliphatic carbocycles. The SMILES string of the molecule is CCCCCCCCC=CCCCCCCCCC(c1ccccc1)[N+](CC)(CC)CC.[Cl-]. The largest absolute Gasteiger partial charge is 1.00 e. The molecule has 0 aliphatic heterocycles. The second kappa shape index (κ2) is 21.7. The van der Waals surface area contributed by atoms with Crippen molar-refractivity contribution >= 4 is 0 Å². The van der Waals surface area contributed by atoms with Crippen LogP contribution in [0.1, 0.15) is 136 Å². The van der Waals surface area contributed by atoms with E-state index in [4.69, 9.17) is 0 Å². The van der Waals surface area contributed by atoms with Gasteiger partial charge in [0.1, 0.15) is 6.04 Å². The third-order valence-corrected chi connectivity index (χ3v) is 7.72. The van der Waals surface area contributed by atoms with E-state index in [1.807, 2.05) is 0 Å². The lowest BCUT2D eigenvalue weighted by atomic mass is 9.95. The van der Waals surface area contributed by atoms with E-state index in [9.17, 15) is 0 Å². The van der Waals surface area contributed by atoms with Crippen LogP contribution in [0.5, 0.6) is 0 Å². The van der Waals surface area contributed by atoms with E-state index in [0.29, 0.717) is 6.04 Å². The summed E-state index contributed by atoms with van der Waals surface area (Å²) in [6.45, 7) is 13.1. The van der Waals surface area contributed by atoms with Gasteiger partial charge in [0.25, 0.3) is 0 Å². The van der Waals surface area contributed by atoms with Crippen LogP contribution in [0.2, 0.25) is 0 Å². The van der Waals surface area contributed by atoms with E-state index < -0.39 is 0 Å². The highest BCUT2D eigenvalue weighted by atomic mass is 35.5. The molecule has 1 aromatic rings. The molecule has 0 heterocycles. The average molecular weight is 478 g/mol. The summed E-state index contributed by atoms with van der Waals surface area (Å²) in [5, 5.41) is 0. The Kier molecular flexibility index (Phi) is 21.2. The molecule has 1 nitrogen and oxygen atoms in total. The van der Waals surface area contributed by atoms with Gasteiger partial charge in [0.2, 0.25) is 0 Å². The number of unbranched alkanes of at least 4 members (excludes halogenated alkanes) is 12. The van der Waals surface area contributed by atoms with Gasteiger partial charge >= 0.3 is 0 Å². The number of hydrogen-bond acceptors (Lipinski definition) is 0. The molecule has 0 radical (unpaired) electrons. The van der Waals surface area contributed by atoms with Gasteiger partial charge in [-0.25, -0.2) is 0 Å². The van der Waals surface area contributed by atoms with E-state index in [0.717, 1.165) is 0 Å². The Morgan fingerprint density at radius 2 is 1.06 bits per heavy atom. The van der Waals surface area contributed by atoms with E-state index in [1.165, 1.54) is 120 Å². The zero-order chi connectivity index (χ0) is 23.3. The molecule has 0 saturated carbocycles. The van der Waals surface area contributed by atoms with Crippen molar-refractivity contribution in [2.24, 2.45) is 0 Å². The van der Waals surface area contributed by atoms with Crippen molar-refractivity contribution in [1.82, 2.24) is 0 Å². The zero-order valence-corrected chi connectivity index (χ0v) is 23.4. The third kappa shape index (κ3) is 13.6. The van der Waals surface area contributed by atoms with Crippen LogP contribution in [-0.2, 0) is 0 Å². The van der Waals surface area contributed by atoms with Gasteiger partial charge in [-0.05, 0) is 52.9 Å². The average Bonchev–Trinajstić information content (AvgIpc) is 2.84. The number of rotatable bonds is 21. The minimum absolute atomic E-state index is 0. The normalized spacial score (nSPS) is 12.7. The first-order valence-corrected chi connectivity index (χ1v) is 14.3. The number of nitrogens with zero attached hydrogens (tertiary/aromatic N) is 1. The van der Waals surface area contributed by atoms with Crippen LogP contribution in [0.4, 0.5) is 0 Å². The van der Waals surface area contributed by atoms with Crippen LogP contribution in [0.25, 0.3) is 0 Å². The van der Waals surface area contributed by atoms with Crippen LogP contribution < -0.4 is 12.4 Å². The molecular formula is C31H56ClN. The highest BCUT2D eigenvalue weighted by Gasteiger charge is 2.32. The summed E-state index contributed by atoms with van der Waals surface area (Å²) < 4.78 is 1.23. The van der Waals surface area contributed by atoms with Gasteiger partial charge in [-0.15, -0.1) is 0 Å². The fourth-order valence-electron chi connectivity index (χ4n) is 5.35. The topological polar surface area (TPSA) is 0 Å². The predicted molar refractivity (Wildman–Crippen MR) is 145 cm³/mol. The second-order valence-electron chi connectivity index (χ2n) is 9.82. The van der Waals surface area contributed by atoms with Gasteiger partial charge in [-0.1, -0.05) is 107 Å². The lowest BCUT2D eigenvalue weighted by Gasteiger charge is -2.43. The molecule has 1 atom stereocenters. The Morgan fingerprint density at radius 3 is 1.55 bits per heavy atom. The molecule has 2 heteroatoms. The second-order valence-corrected chi connectivity index (χ2v) is 9.82. The molecule has 0 aromatic heterocycles. The third-order valence-electron chi connectivity index (χ3n) is 7.72. The standard InChI is InChI=1S/C31H56N.ClH/c1-5-9-10-11-12-13-14-15-16-17-18-19-20-21-22-26-29-31(30-27-24-23-25-28-30)32(6-2,7-3)8-4;/h15-16,23-25,27-28,31H,5-14,17-22,26,29H2,1-4H3;1H/q+1;/p-1. The molecular weight excluding hydrogens is 422 g/mol. The monoisotopic (exact) mass is 477 g/mol. The summed E-state index contributed by atoms with van der Waals surface area (Å²) >= 11 is 0. The van der Waals surface area contributed by atoms with E-state index in [-0.39, 0.29) is 12.4 Å². The Bertz CT molecular complexity index is 541. The highest BCUT2D eigenvalue weighted by molar-refractivity contribution is 5.17. The summed E-state index contributed by atoms with van der Waals surface area (Å²) in [6, 6.07) is 12.0. The fraction of sp³-hybridized carbons (Fsp3) is 0.742. The molecule has 1 unspecified atom stereocenters. The first-order valence-electron chi connectivity index (χ1n) is 14.3. The van der Waals surface area contributed by atoms with Gasteiger partial charge < -0.3 is 16.9 Å². The summed E-state index contributed by atoms with van der Waals surface area (Å²) in [5.41, 5.74) is 1.55. The van der Waals surface area contributed by atoms with Crippen LogP contribution in [0.15, 0.2) is 42.5 Å². The van der Waals surface area contributed by atoms with Crippen LogP contribution in [0.3, 0.4) is 0 Å². The van der Waals surface area contributed by atoms with Crippen molar-refractivity contribution in [2.75, 3.05) is 19.6 Å². The van der Waals surface area contributed by atoms with Crippen LogP contribution in [-0.4, -0.2) is 24.1 Å². The summed E-state index contributed by atoms with van der Waals surface area (Å²) in [7, 11) is 0. The quantitative estimate of drug-likeness (QED) is 0.101. The smallest absolute Gasteiger partial charge is 0.115 e. The number of hydrogen-bond donors (Lipinski definition) is 0. The van der Waals surface area contributed by atoms with E-state index in [1.54, 1.807) is 5.56 Å². The van der Waals surface area contributed by atoms with Gasteiger partial charge in [0.15, 0.2) is 0 Å². The molecule has 0 fully saturated rings. The van der Waals surface area contributed by atoms with Crippen molar-refractivity contribution in [3.05, 3.63) is 48.0 Å². The number of benzene rings is 1. The molecule has 0 saturated heterocycles. The summed E-state index contributed by atoms with van der Waals surface area (Å²) in [4.78, 5) is 0. The molecule has 1 rings (SSSR count). The fourth-order valence-corrected chi connectivity index (χ4v) is 5.35. The van der Waals surface area contributed by atoms with Crippen molar-refractivity contribution in [3.63, 3.8) is 0 Å². The van der Waals surface area contributed by atoms with E-state index >= 15 is 0 Å². The highest BCUT2D eigenvalue weighted by Crippen LogP contribution is 2.33.